The van der Waals surface area contributed by atoms with Crippen LogP contribution >= 0.6 is 15.9 Å². The number of nitrogens with one attached hydrogen (secondary N) is 1. The van der Waals surface area contributed by atoms with Crippen molar-refractivity contribution < 1.29 is 0 Å². The number of benzene rings is 1. The number of rotatable bonds is 7. The first-order valence-electron chi connectivity index (χ1n) is 7.11. The minimum absolute atomic E-state index is 0.913. The van der Waals surface area contributed by atoms with Crippen molar-refractivity contribution in [1.29, 1.82) is 0 Å². The largest absolute Gasteiger partial charge is 0.369 e. The van der Waals surface area contributed by atoms with Crippen molar-refractivity contribution >= 4 is 32.7 Å². The molecular weight excluding hydrogens is 316 g/mol. The lowest BCUT2D eigenvalue weighted by Crippen LogP contribution is -2.25. The molecule has 2 aromatic rings. The summed E-state index contributed by atoms with van der Waals surface area (Å²) >= 11 is 3.50. The molecule has 1 aromatic heterocycles. The first-order chi connectivity index (χ1) is 9.74. The van der Waals surface area contributed by atoms with E-state index in [2.05, 4.69) is 56.0 Å². The zero-order chi connectivity index (χ0) is 14.4. The zero-order valence-corrected chi connectivity index (χ0v) is 13.7. The molecule has 1 N–H and O–H groups in total. The van der Waals surface area contributed by atoms with E-state index in [-0.39, 0.29) is 0 Å². The van der Waals surface area contributed by atoms with Gasteiger partial charge in [-0.2, -0.15) is 0 Å². The van der Waals surface area contributed by atoms with E-state index < -0.39 is 0 Å². The average Bonchev–Trinajstić information content (AvgIpc) is 2.47. The Morgan fingerprint density at radius 3 is 2.75 bits per heavy atom. The van der Waals surface area contributed by atoms with Crippen LogP contribution in [-0.4, -0.2) is 41.0 Å². The van der Waals surface area contributed by atoms with Gasteiger partial charge in [0.25, 0.3) is 0 Å². The summed E-state index contributed by atoms with van der Waals surface area (Å²) in [5.41, 5.74) is 0.967. The van der Waals surface area contributed by atoms with E-state index in [9.17, 15) is 0 Å². The third kappa shape index (κ3) is 3.90. The van der Waals surface area contributed by atoms with Gasteiger partial charge in [-0.25, -0.2) is 9.97 Å². The maximum atomic E-state index is 4.35. The SMILES string of the molecule is CCN(CC)CCCNc1ncnc2ccc(Br)cc12. The molecule has 0 spiro atoms. The van der Waals surface area contributed by atoms with E-state index in [1.54, 1.807) is 6.33 Å². The molecule has 1 heterocycles. The summed E-state index contributed by atoms with van der Waals surface area (Å²) in [4.78, 5) is 11.1. The van der Waals surface area contributed by atoms with Crippen LogP contribution in [0.15, 0.2) is 29.0 Å². The summed E-state index contributed by atoms with van der Waals surface area (Å²) in [6.45, 7) is 8.67. The van der Waals surface area contributed by atoms with Crippen LogP contribution in [0.2, 0.25) is 0 Å². The van der Waals surface area contributed by atoms with Gasteiger partial charge < -0.3 is 10.2 Å². The van der Waals surface area contributed by atoms with Crippen LogP contribution in [0, 0.1) is 0 Å². The van der Waals surface area contributed by atoms with E-state index in [1.807, 2.05) is 12.1 Å². The highest BCUT2D eigenvalue weighted by Gasteiger charge is 2.04. The lowest BCUT2D eigenvalue weighted by atomic mass is 10.2. The Labute approximate surface area is 128 Å². The van der Waals surface area contributed by atoms with Crippen LogP contribution in [0.1, 0.15) is 20.3 Å². The topological polar surface area (TPSA) is 41.0 Å². The molecule has 5 heteroatoms. The van der Waals surface area contributed by atoms with Gasteiger partial charge in [0.15, 0.2) is 0 Å². The predicted octanol–water partition coefficient (Wildman–Crippen LogP) is 3.54. The molecule has 0 fully saturated rings. The smallest absolute Gasteiger partial charge is 0.137 e. The molecule has 20 heavy (non-hydrogen) atoms. The van der Waals surface area contributed by atoms with Crippen LogP contribution < -0.4 is 5.32 Å². The van der Waals surface area contributed by atoms with Crippen LogP contribution in [0.3, 0.4) is 0 Å². The fraction of sp³-hybridized carbons (Fsp3) is 0.467. The first kappa shape index (κ1) is 15.2. The monoisotopic (exact) mass is 336 g/mol. The third-order valence-electron chi connectivity index (χ3n) is 3.44. The fourth-order valence-electron chi connectivity index (χ4n) is 2.22. The van der Waals surface area contributed by atoms with Crippen LogP contribution in [-0.2, 0) is 0 Å². The number of fused-ring (bicyclic) bond motifs is 1. The second-order valence-corrected chi connectivity index (χ2v) is 5.61. The molecular formula is C15H21BrN4. The highest BCUT2D eigenvalue weighted by molar-refractivity contribution is 9.10. The highest BCUT2D eigenvalue weighted by Crippen LogP contribution is 2.23. The predicted molar refractivity (Wildman–Crippen MR) is 88.1 cm³/mol. The molecule has 0 saturated carbocycles. The lowest BCUT2D eigenvalue weighted by molar-refractivity contribution is 0.303. The van der Waals surface area contributed by atoms with Gasteiger partial charge in [0.1, 0.15) is 12.1 Å². The van der Waals surface area contributed by atoms with Gasteiger partial charge in [-0.3, -0.25) is 0 Å². The van der Waals surface area contributed by atoms with Gasteiger partial charge in [-0.05, 0) is 44.3 Å². The van der Waals surface area contributed by atoms with Crippen molar-refractivity contribution in [3.05, 3.63) is 29.0 Å². The third-order valence-corrected chi connectivity index (χ3v) is 3.93. The molecule has 0 saturated heterocycles. The molecule has 4 nitrogen and oxygen atoms in total. The van der Waals surface area contributed by atoms with Crippen molar-refractivity contribution in [3.63, 3.8) is 0 Å². The van der Waals surface area contributed by atoms with Crippen LogP contribution in [0.5, 0.6) is 0 Å². The Kier molecular flexibility index (Phi) is 5.73. The number of nitrogens with zero attached hydrogens (tertiary/aromatic N) is 3. The van der Waals surface area contributed by atoms with Gasteiger partial charge >= 0.3 is 0 Å². The summed E-state index contributed by atoms with van der Waals surface area (Å²) in [6, 6.07) is 6.06. The Hall–Kier alpha value is -1.20. The standard InChI is InChI=1S/C15H21BrN4/c1-3-20(4-2)9-5-8-17-15-13-10-12(16)6-7-14(13)18-11-19-15/h6-7,10-11H,3-5,8-9H2,1-2H3,(H,17,18,19). The normalized spacial score (nSPS) is 11.2. The van der Waals surface area contributed by atoms with E-state index in [4.69, 9.17) is 0 Å². The molecule has 0 aliphatic heterocycles. The molecule has 0 unspecified atom stereocenters. The maximum absolute atomic E-state index is 4.35. The number of hydrogen-bond acceptors (Lipinski definition) is 4. The summed E-state index contributed by atoms with van der Waals surface area (Å²) in [6.07, 6.45) is 2.73. The molecule has 0 radical (unpaired) electrons. The number of anilines is 1. The van der Waals surface area contributed by atoms with E-state index >= 15 is 0 Å². The molecule has 1 aromatic carbocycles. The molecule has 2 rings (SSSR count). The first-order valence-corrected chi connectivity index (χ1v) is 7.90. The molecule has 0 amide bonds. The second kappa shape index (κ2) is 7.55. The fourth-order valence-corrected chi connectivity index (χ4v) is 2.58. The molecule has 0 aliphatic rings. The number of aromatic nitrogens is 2. The Bertz CT molecular complexity index is 555. The van der Waals surface area contributed by atoms with E-state index in [0.717, 1.165) is 53.8 Å². The maximum Gasteiger partial charge on any atom is 0.137 e. The Morgan fingerprint density at radius 2 is 2.00 bits per heavy atom. The minimum atomic E-state index is 0.913. The van der Waals surface area contributed by atoms with Crippen molar-refractivity contribution in [2.24, 2.45) is 0 Å². The minimum Gasteiger partial charge on any atom is -0.369 e. The van der Waals surface area contributed by atoms with Crippen molar-refractivity contribution in [3.8, 4) is 0 Å². The average molecular weight is 337 g/mol. The second-order valence-electron chi connectivity index (χ2n) is 4.69. The van der Waals surface area contributed by atoms with E-state index in [1.165, 1.54) is 0 Å². The molecule has 108 valence electrons. The summed E-state index contributed by atoms with van der Waals surface area (Å²) in [5, 5.41) is 4.48. The van der Waals surface area contributed by atoms with Gasteiger partial charge in [-0.15, -0.1) is 0 Å². The van der Waals surface area contributed by atoms with E-state index in [0.29, 0.717) is 0 Å². The van der Waals surface area contributed by atoms with Crippen LogP contribution in [0.4, 0.5) is 5.82 Å². The molecule has 0 aliphatic carbocycles. The summed E-state index contributed by atoms with van der Waals surface area (Å²) in [7, 11) is 0. The lowest BCUT2D eigenvalue weighted by Gasteiger charge is -2.18. The number of halogens is 1. The summed E-state index contributed by atoms with van der Waals surface area (Å²) in [5.74, 6) is 0.913. The van der Waals surface area contributed by atoms with Gasteiger partial charge in [-0.1, -0.05) is 29.8 Å². The Morgan fingerprint density at radius 1 is 1.20 bits per heavy atom. The molecule has 0 atom stereocenters. The quantitative estimate of drug-likeness (QED) is 0.785. The zero-order valence-electron chi connectivity index (χ0n) is 12.1. The highest BCUT2D eigenvalue weighted by atomic mass is 79.9. The van der Waals surface area contributed by atoms with Gasteiger partial charge in [0, 0.05) is 16.4 Å². The Balaban J connectivity index is 1.98. The van der Waals surface area contributed by atoms with Gasteiger partial charge in [0.2, 0.25) is 0 Å². The van der Waals surface area contributed by atoms with Crippen molar-refractivity contribution in [2.45, 2.75) is 20.3 Å². The summed E-state index contributed by atoms with van der Waals surface area (Å²) < 4.78 is 1.05. The molecule has 0 bridgehead atoms. The van der Waals surface area contributed by atoms with Crippen LogP contribution in [0.25, 0.3) is 10.9 Å². The van der Waals surface area contributed by atoms with Crippen molar-refractivity contribution in [1.82, 2.24) is 14.9 Å². The number of hydrogen-bond donors (Lipinski definition) is 1. The van der Waals surface area contributed by atoms with Crippen molar-refractivity contribution in [2.75, 3.05) is 31.5 Å². The van der Waals surface area contributed by atoms with Gasteiger partial charge in [0.05, 0.1) is 5.52 Å².